The van der Waals surface area contributed by atoms with Gasteiger partial charge >= 0.3 is 0 Å². The second-order valence-electron chi connectivity index (χ2n) is 7.38. The third-order valence-electron chi connectivity index (χ3n) is 5.51. The van der Waals surface area contributed by atoms with E-state index in [-0.39, 0.29) is 5.75 Å². The Bertz CT molecular complexity index is 1030. The van der Waals surface area contributed by atoms with Gasteiger partial charge in [-0.15, -0.1) is 11.8 Å². The summed E-state index contributed by atoms with van der Waals surface area (Å²) in [7, 11) is 0. The molecule has 1 fully saturated rings. The van der Waals surface area contributed by atoms with Crippen molar-refractivity contribution in [3.8, 4) is 17.0 Å². The molecular formula is C21H22N2O7S. The summed E-state index contributed by atoms with van der Waals surface area (Å²) in [6.45, 7) is 2.81. The fourth-order valence-corrected chi connectivity index (χ4v) is 5.21. The fourth-order valence-electron chi connectivity index (χ4n) is 3.65. The molecule has 3 heterocycles. The molecule has 10 heteroatoms. The highest BCUT2D eigenvalue weighted by Gasteiger charge is 2.75. The normalized spacial score (nSPS) is 30.5. The summed E-state index contributed by atoms with van der Waals surface area (Å²) in [6, 6.07) is 6.49. The van der Waals surface area contributed by atoms with Crippen LogP contribution in [0.5, 0.6) is 5.75 Å². The second-order valence-corrected chi connectivity index (χ2v) is 8.43. The van der Waals surface area contributed by atoms with Gasteiger partial charge in [0, 0.05) is 36.0 Å². The van der Waals surface area contributed by atoms with E-state index in [4.69, 9.17) is 4.74 Å². The molecule has 0 unspecified atom stereocenters. The maximum absolute atomic E-state index is 12.5. The molecule has 1 saturated heterocycles. The molecule has 9 nitrogen and oxygen atoms in total. The minimum atomic E-state index is -3.10. The van der Waals surface area contributed by atoms with E-state index in [0.29, 0.717) is 5.69 Å². The number of aromatic nitrogens is 2. The lowest BCUT2D eigenvalue weighted by molar-refractivity contribution is -0.236. The van der Waals surface area contributed by atoms with Crippen LogP contribution in [0.15, 0.2) is 42.9 Å². The summed E-state index contributed by atoms with van der Waals surface area (Å²) in [4.78, 5) is 45.3. The van der Waals surface area contributed by atoms with Gasteiger partial charge in [-0.25, -0.2) is 0 Å². The van der Waals surface area contributed by atoms with Crippen LogP contribution in [0.2, 0.25) is 0 Å². The largest absolute Gasteiger partial charge is 0.476 e. The number of hydrogen-bond donors (Lipinski definition) is 3. The molecule has 0 aromatic carbocycles. The predicted molar refractivity (Wildman–Crippen MR) is 111 cm³/mol. The zero-order valence-corrected chi connectivity index (χ0v) is 17.9. The van der Waals surface area contributed by atoms with Crippen LogP contribution < -0.4 is 4.74 Å². The van der Waals surface area contributed by atoms with Crippen molar-refractivity contribution >= 4 is 29.1 Å². The van der Waals surface area contributed by atoms with E-state index >= 15 is 0 Å². The molecule has 2 aromatic rings. The Morgan fingerprint density at radius 3 is 2.19 bits per heavy atom. The average molecular weight is 446 g/mol. The predicted octanol–water partition coefficient (Wildman–Crippen LogP) is 0.556. The smallest absolute Gasteiger partial charge is 0.208 e. The lowest BCUT2D eigenvalue weighted by atomic mass is 9.65. The van der Waals surface area contributed by atoms with Crippen molar-refractivity contribution in [3.63, 3.8) is 0 Å². The first-order chi connectivity index (χ1) is 14.5. The van der Waals surface area contributed by atoms with Crippen LogP contribution in [-0.2, 0) is 14.4 Å². The Labute approximate surface area is 182 Å². The summed E-state index contributed by atoms with van der Waals surface area (Å²) in [5.41, 5.74) is -8.91. The van der Waals surface area contributed by atoms with Gasteiger partial charge in [-0.2, -0.15) is 0 Å². The third kappa shape index (κ3) is 3.45. The van der Waals surface area contributed by atoms with Crippen molar-refractivity contribution in [3.05, 3.63) is 42.9 Å². The molecule has 1 aliphatic heterocycles. The number of carbonyl (C=O) groups is 3. The van der Waals surface area contributed by atoms with E-state index in [2.05, 4.69) is 9.97 Å². The number of pyridine rings is 2. The number of Topliss-reactive ketones (excluding diaryl/α,β-unsaturated/α-hetero) is 3. The first-order valence-electron chi connectivity index (χ1n) is 9.33. The number of nitrogens with zero attached hydrogens (tertiary/aromatic N) is 2. The van der Waals surface area contributed by atoms with Crippen molar-refractivity contribution in [1.82, 2.24) is 9.97 Å². The Morgan fingerprint density at radius 1 is 1.00 bits per heavy atom. The van der Waals surface area contributed by atoms with Crippen LogP contribution in [0, 0.1) is 0 Å². The van der Waals surface area contributed by atoms with Crippen molar-refractivity contribution in [2.75, 3.05) is 5.75 Å². The minimum Gasteiger partial charge on any atom is -0.476 e. The van der Waals surface area contributed by atoms with Gasteiger partial charge in [0.2, 0.25) is 5.60 Å². The van der Waals surface area contributed by atoms with E-state index in [1.165, 1.54) is 12.3 Å². The third-order valence-corrected chi connectivity index (χ3v) is 6.84. The second kappa shape index (κ2) is 8.12. The molecule has 4 atom stereocenters. The highest BCUT2D eigenvalue weighted by Crippen LogP contribution is 2.49. The van der Waals surface area contributed by atoms with E-state index in [1.54, 1.807) is 30.6 Å². The van der Waals surface area contributed by atoms with E-state index in [9.17, 15) is 29.7 Å². The maximum Gasteiger partial charge on any atom is 0.208 e. The van der Waals surface area contributed by atoms with E-state index in [0.717, 1.165) is 38.1 Å². The number of thioether (sulfide) groups is 1. The molecule has 0 radical (unpaired) electrons. The number of carbonyl (C=O) groups excluding carboxylic acids is 3. The van der Waals surface area contributed by atoms with Crippen LogP contribution in [0.25, 0.3) is 11.3 Å². The number of ketones is 3. The number of ether oxygens (including phenoxy) is 1. The van der Waals surface area contributed by atoms with Crippen LogP contribution in [-0.4, -0.2) is 70.6 Å². The van der Waals surface area contributed by atoms with Gasteiger partial charge in [0.15, 0.2) is 34.0 Å². The maximum atomic E-state index is 12.5. The molecule has 0 saturated carbocycles. The van der Waals surface area contributed by atoms with E-state index in [1.807, 2.05) is 0 Å². The zero-order chi connectivity index (χ0) is 23.0. The van der Waals surface area contributed by atoms with Gasteiger partial charge in [-0.1, -0.05) is 0 Å². The molecule has 3 rings (SSSR count). The highest BCUT2D eigenvalue weighted by atomic mass is 32.2. The molecular weight excluding hydrogens is 424 g/mol. The van der Waals surface area contributed by atoms with Crippen molar-refractivity contribution in [1.29, 1.82) is 0 Å². The molecule has 3 N–H and O–H groups in total. The Balaban J connectivity index is 2.06. The molecule has 31 heavy (non-hydrogen) atoms. The van der Waals surface area contributed by atoms with Gasteiger partial charge in [0.1, 0.15) is 5.75 Å². The highest BCUT2D eigenvalue weighted by molar-refractivity contribution is 8.00. The van der Waals surface area contributed by atoms with Gasteiger partial charge in [0.05, 0.1) is 5.69 Å². The number of hydrogen-bond acceptors (Lipinski definition) is 10. The van der Waals surface area contributed by atoms with Gasteiger partial charge < -0.3 is 20.1 Å². The van der Waals surface area contributed by atoms with Gasteiger partial charge in [-0.05, 0) is 39.0 Å². The molecule has 0 spiro atoms. The topological polar surface area (TPSA) is 147 Å². The Morgan fingerprint density at radius 2 is 1.65 bits per heavy atom. The summed E-state index contributed by atoms with van der Waals surface area (Å²) >= 11 is 0.743. The molecule has 2 aromatic heterocycles. The SMILES string of the molecule is CC(=O)[C@]1(O)[C@@](O)(C(C)=O)CS[C@H](Oc2ccnc(-c3ccncc3)c2)[C@@]1(O)C(C)=O. The first-order valence-corrected chi connectivity index (χ1v) is 10.4. The number of aliphatic hydroxyl groups is 3. The molecule has 0 bridgehead atoms. The summed E-state index contributed by atoms with van der Waals surface area (Å²) < 4.78 is 5.81. The Hall–Kier alpha value is -2.66. The van der Waals surface area contributed by atoms with E-state index < -0.39 is 45.3 Å². The van der Waals surface area contributed by atoms with Crippen molar-refractivity contribution in [2.45, 2.75) is 43.0 Å². The molecule has 1 aliphatic rings. The van der Waals surface area contributed by atoms with Gasteiger partial charge in [0.25, 0.3) is 0 Å². The summed E-state index contributed by atoms with van der Waals surface area (Å²) in [5, 5.41) is 33.4. The van der Waals surface area contributed by atoms with Crippen LogP contribution in [0.4, 0.5) is 0 Å². The molecule has 0 aliphatic carbocycles. The monoisotopic (exact) mass is 446 g/mol. The zero-order valence-electron chi connectivity index (χ0n) is 17.1. The lowest BCUT2D eigenvalue weighted by Crippen LogP contribution is -2.82. The van der Waals surface area contributed by atoms with Crippen LogP contribution >= 0.6 is 11.8 Å². The van der Waals surface area contributed by atoms with Crippen molar-refractivity contribution < 1.29 is 34.4 Å². The summed E-state index contributed by atoms with van der Waals surface area (Å²) in [5.74, 6) is -3.41. The van der Waals surface area contributed by atoms with Crippen molar-refractivity contribution in [2.24, 2.45) is 0 Å². The minimum absolute atomic E-state index is 0.193. The van der Waals surface area contributed by atoms with Crippen LogP contribution in [0.1, 0.15) is 20.8 Å². The molecule has 164 valence electrons. The fraction of sp³-hybridized carbons (Fsp3) is 0.381. The molecule has 0 amide bonds. The first kappa shape index (κ1) is 23.0. The standard InChI is InChI=1S/C21H22N2O7S/c1-12(24)19(27)11-31-18(20(28,13(2)25)21(19,29)14(3)26)30-16-6-9-23-17(10-16)15-4-7-22-8-5-15/h4-10,18,27-29H,11H2,1-3H3/t18-,19-,20-,21-/m0/s1. The quantitative estimate of drug-likeness (QED) is 0.575. The number of rotatable bonds is 6. The summed E-state index contributed by atoms with van der Waals surface area (Å²) in [6.07, 6.45) is 4.63. The lowest BCUT2D eigenvalue weighted by Gasteiger charge is -2.54. The average Bonchev–Trinajstić information content (AvgIpc) is 2.74. The van der Waals surface area contributed by atoms with Crippen LogP contribution in [0.3, 0.4) is 0 Å². The van der Waals surface area contributed by atoms with Gasteiger partial charge in [-0.3, -0.25) is 24.4 Å². The Kier molecular flexibility index (Phi) is 6.03.